The van der Waals surface area contributed by atoms with Gasteiger partial charge in [0.15, 0.2) is 5.78 Å². The highest BCUT2D eigenvalue weighted by Crippen LogP contribution is 2.57. The summed E-state index contributed by atoms with van der Waals surface area (Å²) in [6.45, 7) is 3.94. The molecule has 0 aliphatic rings. The molecule has 0 atom stereocenters. The van der Waals surface area contributed by atoms with E-state index in [2.05, 4.69) is 0 Å². The predicted molar refractivity (Wildman–Crippen MR) is 347 cm³/mol. The molecule has 0 aliphatic carbocycles. The first-order valence-electron chi connectivity index (χ1n) is 28.0. The average Bonchev–Trinajstić information content (AvgIpc) is 0.712. The van der Waals surface area contributed by atoms with Crippen molar-refractivity contribution < 1.29 is 79.3 Å². The predicted octanol–water partition coefficient (Wildman–Crippen LogP) is 16.7. The van der Waals surface area contributed by atoms with E-state index in [1.54, 1.807) is 97.1 Å². The molecule has 11 aromatic carbocycles. The number of ketones is 1. The van der Waals surface area contributed by atoms with Crippen molar-refractivity contribution in [1.29, 1.82) is 0 Å². The molecule has 22 heteroatoms. The van der Waals surface area contributed by atoms with Gasteiger partial charge in [-0.1, -0.05) is 146 Å². The number of alkyl halides is 3. The molecule has 0 amide bonds. The molecule has 0 aliphatic heterocycles. The Morgan fingerprint density at radius 1 is 0.344 bits per heavy atom. The van der Waals surface area contributed by atoms with Crippen molar-refractivity contribution >= 4 is 46.3 Å². The summed E-state index contributed by atoms with van der Waals surface area (Å²) in [7, 11) is -20.5. The third-order valence-corrected chi connectivity index (χ3v) is 19.6. The van der Waals surface area contributed by atoms with Gasteiger partial charge in [-0.3, -0.25) is 23.0 Å². The minimum atomic E-state index is -5.56. The van der Waals surface area contributed by atoms with Crippen molar-refractivity contribution in [2.75, 3.05) is 7.11 Å². The van der Waals surface area contributed by atoms with E-state index in [9.17, 15) is 56.7 Å². The second-order valence-electron chi connectivity index (χ2n) is 21.6. The third kappa shape index (κ3) is 13.4. The fourth-order valence-corrected chi connectivity index (χ4v) is 14.7. The van der Waals surface area contributed by atoms with Crippen LogP contribution in [0, 0.1) is 13.8 Å². The van der Waals surface area contributed by atoms with E-state index in [1.165, 1.54) is 61.7 Å². The molecule has 0 radical (unpaired) electrons. The SMILES string of the molecule is COc1ccc(C(=O)c2ccc(Oc3ccc(-c4ccc(-c5c(-c6ccc(S(=O)(=O)O)c(S(=O)(=O)O)c6)c(-c6ccccc6)c(-c6ccc(-c7ccc(C)c(C)c7)cc6)c(-c6ccccc6)c5-c5ccc(S(=O)(=O)O)c(S(=O)(=O)O)c5)cc4)cc3C(F)(F)F)cc2)cc1. The van der Waals surface area contributed by atoms with E-state index in [0.717, 1.165) is 70.8 Å². The molecular weight excluding hydrogens is 1280 g/mol. The van der Waals surface area contributed by atoms with Crippen molar-refractivity contribution in [2.24, 2.45) is 0 Å². The highest BCUT2D eigenvalue weighted by atomic mass is 32.2. The largest absolute Gasteiger partial charge is 0.497 e. The van der Waals surface area contributed by atoms with Crippen LogP contribution >= 0.6 is 0 Å². The molecule has 0 saturated heterocycles. The van der Waals surface area contributed by atoms with Crippen LogP contribution in [-0.2, 0) is 46.6 Å². The van der Waals surface area contributed by atoms with Crippen LogP contribution < -0.4 is 9.47 Å². The summed E-state index contributed by atoms with van der Waals surface area (Å²) in [5, 5.41) is 0. The van der Waals surface area contributed by atoms with Gasteiger partial charge < -0.3 is 9.47 Å². The van der Waals surface area contributed by atoms with Crippen LogP contribution in [0.4, 0.5) is 13.2 Å². The summed E-state index contributed by atoms with van der Waals surface area (Å²) < 4.78 is 205. The standard InChI is InChI=1S/C71H51F3O15S4/c1-42-14-15-52(38-43(42)2)44-16-20-48(21-17-44)66-64(46-10-6-4-7-11-46)68(54-29-36-60(90(76,77)78)62(40-54)92(82,83)84)67(69(65(66)47-12-8-5-9-13-47)55-30-37-61(91(79,80)81)63(41-55)93(85,86)87)49-22-18-45(19-23-49)53-28-35-59(58(39-53)71(72,73)74)89-57-33-26-51(27-34-57)70(75)50-24-31-56(88-3)32-25-50/h4-41H,1-3H3,(H,76,77,78)(H,79,80,81)(H,82,83,84)(H,85,86,87). The molecule has 470 valence electrons. The van der Waals surface area contributed by atoms with Gasteiger partial charge in [0.1, 0.15) is 36.8 Å². The van der Waals surface area contributed by atoms with Gasteiger partial charge in [-0.05, 0) is 199 Å². The molecule has 93 heavy (non-hydrogen) atoms. The molecule has 0 spiro atoms. The smallest absolute Gasteiger partial charge is 0.420 e. The maximum Gasteiger partial charge on any atom is 0.420 e. The number of benzene rings is 11. The van der Waals surface area contributed by atoms with Gasteiger partial charge in [0, 0.05) is 11.1 Å². The number of carbonyl (C=O) groups is 1. The van der Waals surface area contributed by atoms with Crippen LogP contribution in [0.15, 0.2) is 250 Å². The Bertz CT molecular complexity index is 5070. The molecule has 0 aromatic heterocycles. The van der Waals surface area contributed by atoms with Gasteiger partial charge >= 0.3 is 6.18 Å². The monoisotopic (exact) mass is 1330 g/mol. The van der Waals surface area contributed by atoms with Crippen molar-refractivity contribution in [3.8, 4) is 106 Å². The number of hydrogen-bond donors (Lipinski definition) is 4. The quantitative estimate of drug-likeness (QED) is 0.0488. The second-order valence-corrected chi connectivity index (χ2v) is 27.1. The van der Waals surface area contributed by atoms with Crippen LogP contribution in [0.25, 0.3) is 89.0 Å². The first-order chi connectivity index (χ1) is 44.0. The van der Waals surface area contributed by atoms with Crippen molar-refractivity contribution in [3.63, 3.8) is 0 Å². The highest BCUT2D eigenvalue weighted by molar-refractivity contribution is 7.89. The number of methoxy groups -OCH3 is 1. The number of hydrogen-bond acceptors (Lipinski definition) is 11. The van der Waals surface area contributed by atoms with Crippen LogP contribution in [0.3, 0.4) is 0 Å². The first-order valence-corrected chi connectivity index (χ1v) is 33.7. The molecular formula is C71H51F3O15S4. The summed E-state index contributed by atoms with van der Waals surface area (Å²) in [6, 6.07) is 56.8. The topological polar surface area (TPSA) is 253 Å². The van der Waals surface area contributed by atoms with E-state index in [0.29, 0.717) is 33.6 Å². The lowest BCUT2D eigenvalue weighted by Crippen LogP contribution is -2.10. The minimum Gasteiger partial charge on any atom is -0.497 e. The molecule has 0 unspecified atom stereocenters. The van der Waals surface area contributed by atoms with Crippen LogP contribution in [-0.4, -0.2) is 64.8 Å². The molecule has 11 rings (SSSR count). The van der Waals surface area contributed by atoms with Gasteiger partial charge in [-0.2, -0.15) is 46.8 Å². The number of carbonyl (C=O) groups excluding carboxylic acids is 1. The molecule has 0 bridgehead atoms. The average molecular weight is 1330 g/mol. The summed E-state index contributed by atoms with van der Waals surface area (Å²) in [5.74, 6) is -0.426. The fourth-order valence-electron chi connectivity index (χ4n) is 11.2. The van der Waals surface area contributed by atoms with Crippen molar-refractivity contribution in [2.45, 2.75) is 39.6 Å². The molecule has 0 saturated carbocycles. The molecule has 0 fully saturated rings. The van der Waals surface area contributed by atoms with Gasteiger partial charge in [-0.15, -0.1) is 0 Å². The molecule has 4 N–H and O–H groups in total. The van der Waals surface area contributed by atoms with E-state index in [4.69, 9.17) is 9.47 Å². The van der Waals surface area contributed by atoms with Gasteiger partial charge in [-0.25, -0.2) is 0 Å². The summed E-state index contributed by atoms with van der Waals surface area (Å²) in [4.78, 5) is 8.27. The summed E-state index contributed by atoms with van der Waals surface area (Å²) in [5.41, 5.74) is 5.25. The highest BCUT2D eigenvalue weighted by Gasteiger charge is 2.37. The van der Waals surface area contributed by atoms with Gasteiger partial charge in [0.05, 0.1) is 12.7 Å². The van der Waals surface area contributed by atoms with Crippen LogP contribution in [0.1, 0.15) is 32.6 Å². The Labute approximate surface area is 533 Å². The Kier molecular flexibility index (Phi) is 17.4. The molecule has 0 heterocycles. The number of rotatable bonds is 17. The van der Waals surface area contributed by atoms with E-state index in [1.807, 2.05) is 44.2 Å². The van der Waals surface area contributed by atoms with E-state index < -0.39 is 77.5 Å². The maximum absolute atomic E-state index is 15.2. The van der Waals surface area contributed by atoms with Gasteiger partial charge in [0.2, 0.25) is 0 Å². The molecule has 11 aromatic rings. The number of aryl methyl sites for hydroxylation is 2. The lowest BCUT2D eigenvalue weighted by atomic mass is 9.74. The third-order valence-electron chi connectivity index (χ3n) is 15.7. The Hall–Kier alpha value is -9.88. The van der Waals surface area contributed by atoms with Crippen molar-refractivity contribution in [3.05, 3.63) is 258 Å². The lowest BCUT2D eigenvalue weighted by molar-refractivity contribution is -0.138. The Morgan fingerprint density at radius 2 is 0.677 bits per heavy atom. The number of halogens is 3. The normalized spacial score (nSPS) is 12.2. The zero-order valence-electron chi connectivity index (χ0n) is 49.0. The van der Waals surface area contributed by atoms with E-state index in [-0.39, 0.29) is 72.7 Å². The second kappa shape index (κ2) is 25.0. The summed E-state index contributed by atoms with van der Waals surface area (Å²) in [6.07, 6.45) is -5.00. The Balaban J connectivity index is 1.21. The first kappa shape index (κ1) is 64.6. The zero-order valence-corrected chi connectivity index (χ0v) is 52.3. The van der Waals surface area contributed by atoms with Gasteiger partial charge in [0.25, 0.3) is 40.5 Å². The molecule has 15 nitrogen and oxygen atoms in total. The zero-order chi connectivity index (χ0) is 66.5. The van der Waals surface area contributed by atoms with Crippen molar-refractivity contribution in [1.82, 2.24) is 0 Å². The number of ether oxygens (including phenoxy) is 2. The lowest BCUT2D eigenvalue weighted by Gasteiger charge is -2.29. The fraction of sp³-hybridized carbons (Fsp3) is 0.0563. The minimum absolute atomic E-state index is 0.00917. The van der Waals surface area contributed by atoms with Crippen LogP contribution in [0.2, 0.25) is 0 Å². The Morgan fingerprint density at radius 3 is 1.05 bits per heavy atom. The van der Waals surface area contributed by atoms with E-state index >= 15 is 13.2 Å². The van der Waals surface area contributed by atoms with Crippen LogP contribution in [0.5, 0.6) is 17.2 Å². The summed E-state index contributed by atoms with van der Waals surface area (Å²) >= 11 is 0. The maximum atomic E-state index is 15.2.